The van der Waals surface area contributed by atoms with Crippen LogP contribution >= 0.6 is 11.3 Å². The average Bonchev–Trinajstić information content (AvgIpc) is 2.89. The first-order chi connectivity index (χ1) is 12.7. The summed E-state index contributed by atoms with van der Waals surface area (Å²) in [5.74, 6) is -0.520. The Bertz CT molecular complexity index is 750. The minimum absolute atomic E-state index is 0.0847. The van der Waals surface area contributed by atoms with Gasteiger partial charge in [-0.2, -0.15) is 0 Å². The lowest BCUT2D eigenvalue weighted by atomic mass is 10.0. The van der Waals surface area contributed by atoms with Crippen molar-refractivity contribution in [3.63, 3.8) is 0 Å². The predicted octanol–water partition coefficient (Wildman–Crippen LogP) is 4.02. The van der Waals surface area contributed by atoms with Crippen molar-refractivity contribution >= 4 is 28.2 Å². The molecule has 1 N–H and O–H groups in total. The largest absolute Gasteiger partial charge is 0.465 e. The number of hydrogen-bond acceptors (Lipinski definition) is 5. The standard InChI is InChI=1S/C20H24N2O3S/c1-25-20(24)18-16(15-9-5-4-6-10-15)14-26-19(18)21-17(23)13-22-11-7-2-3-8-12-22/h4-6,9-10,14H,2-3,7-8,11-13H2,1H3,(H,21,23). The normalized spacial score (nSPS) is 15.3. The number of amides is 1. The van der Waals surface area contributed by atoms with Gasteiger partial charge in [-0.1, -0.05) is 43.2 Å². The SMILES string of the molecule is COC(=O)c1c(-c2ccccc2)csc1NC(=O)CN1CCCCCC1. The fourth-order valence-electron chi connectivity index (χ4n) is 3.25. The first-order valence-electron chi connectivity index (χ1n) is 8.96. The molecule has 1 amide bonds. The average molecular weight is 372 g/mol. The zero-order chi connectivity index (χ0) is 18.4. The lowest BCUT2D eigenvalue weighted by Gasteiger charge is -2.18. The van der Waals surface area contributed by atoms with Crippen molar-refractivity contribution in [1.82, 2.24) is 4.90 Å². The summed E-state index contributed by atoms with van der Waals surface area (Å²) in [5, 5.41) is 5.36. The summed E-state index contributed by atoms with van der Waals surface area (Å²) in [7, 11) is 1.36. The van der Waals surface area contributed by atoms with Crippen LogP contribution < -0.4 is 5.32 Å². The fraction of sp³-hybridized carbons (Fsp3) is 0.400. The maximum atomic E-state index is 12.5. The van der Waals surface area contributed by atoms with Crippen molar-refractivity contribution < 1.29 is 14.3 Å². The molecule has 5 nitrogen and oxygen atoms in total. The molecule has 1 saturated heterocycles. The van der Waals surface area contributed by atoms with E-state index in [4.69, 9.17) is 4.74 Å². The van der Waals surface area contributed by atoms with Crippen molar-refractivity contribution in [2.24, 2.45) is 0 Å². The van der Waals surface area contributed by atoms with Crippen LogP contribution in [0.3, 0.4) is 0 Å². The highest BCUT2D eigenvalue weighted by Crippen LogP contribution is 2.36. The number of methoxy groups -OCH3 is 1. The second kappa shape index (κ2) is 8.96. The summed E-state index contributed by atoms with van der Waals surface area (Å²) in [6.07, 6.45) is 4.74. The molecule has 1 aliphatic rings. The van der Waals surface area contributed by atoms with E-state index in [0.717, 1.165) is 37.1 Å². The Kier molecular flexibility index (Phi) is 6.41. The topological polar surface area (TPSA) is 58.6 Å². The third-order valence-electron chi connectivity index (χ3n) is 4.58. The molecule has 2 heterocycles. The number of thiophene rings is 1. The molecule has 1 aliphatic heterocycles. The molecule has 2 aromatic rings. The monoisotopic (exact) mass is 372 g/mol. The van der Waals surface area contributed by atoms with Crippen molar-refractivity contribution in [2.45, 2.75) is 25.7 Å². The molecule has 26 heavy (non-hydrogen) atoms. The molecule has 0 saturated carbocycles. The van der Waals surface area contributed by atoms with Crippen molar-refractivity contribution in [3.05, 3.63) is 41.3 Å². The number of esters is 1. The molecule has 0 radical (unpaired) electrons. The van der Waals surface area contributed by atoms with Crippen LogP contribution in [0.4, 0.5) is 5.00 Å². The quantitative estimate of drug-likeness (QED) is 0.806. The van der Waals surface area contributed by atoms with Crippen LogP contribution in [-0.4, -0.2) is 43.5 Å². The Balaban J connectivity index is 1.77. The number of carbonyl (C=O) groups is 2. The van der Waals surface area contributed by atoms with Gasteiger partial charge in [-0.15, -0.1) is 11.3 Å². The third-order valence-corrected chi connectivity index (χ3v) is 5.48. The van der Waals surface area contributed by atoms with E-state index in [1.165, 1.54) is 31.3 Å². The number of likely N-dealkylation sites (tertiary alicyclic amines) is 1. The highest BCUT2D eigenvalue weighted by atomic mass is 32.1. The van der Waals surface area contributed by atoms with Crippen LogP contribution in [0.1, 0.15) is 36.0 Å². The van der Waals surface area contributed by atoms with Gasteiger partial charge in [0, 0.05) is 10.9 Å². The van der Waals surface area contributed by atoms with Crippen LogP contribution in [0.5, 0.6) is 0 Å². The molecular weight excluding hydrogens is 348 g/mol. The summed E-state index contributed by atoms with van der Waals surface area (Å²) >= 11 is 1.36. The number of carbonyl (C=O) groups excluding carboxylic acids is 2. The number of nitrogens with zero attached hydrogens (tertiary/aromatic N) is 1. The number of benzene rings is 1. The van der Waals surface area contributed by atoms with Crippen LogP contribution in [0, 0.1) is 0 Å². The highest BCUT2D eigenvalue weighted by Gasteiger charge is 2.23. The Hall–Kier alpha value is -2.18. The van der Waals surface area contributed by atoms with Gasteiger partial charge in [-0.05, 0) is 31.5 Å². The van der Waals surface area contributed by atoms with E-state index in [1.807, 2.05) is 35.7 Å². The van der Waals surface area contributed by atoms with E-state index >= 15 is 0 Å². The van der Waals surface area contributed by atoms with E-state index in [-0.39, 0.29) is 5.91 Å². The van der Waals surface area contributed by atoms with E-state index in [1.54, 1.807) is 0 Å². The Morgan fingerprint density at radius 1 is 1.12 bits per heavy atom. The van der Waals surface area contributed by atoms with Crippen molar-refractivity contribution in [3.8, 4) is 11.1 Å². The summed E-state index contributed by atoms with van der Waals surface area (Å²) in [6, 6.07) is 9.66. The van der Waals surface area contributed by atoms with Gasteiger partial charge in [0.25, 0.3) is 0 Å². The number of ether oxygens (including phenoxy) is 1. The molecule has 1 fully saturated rings. The van der Waals surface area contributed by atoms with Crippen molar-refractivity contribution in [1.29, 1.82) is 0 Å². The molecular formula is C20H24N2O3S. The molecule has 0 unspecified atom stereocenters. The molecule has 1 aromatic carbocycles. The first kappa shape index (κ1) is 18.6. The fourth-order valence-corrected chi connectivity index (χ4v) is 4.22. The summed E-state index contributed by atoms with van der Waals surface area (Å²) in [6.45, 7) is 2.27. The molecule has 0 atom stereocenters. The van der Waals surface area contributed by atoms with Crippen molar-refractivity contribution in [2.75, 3.05) is 32.1 Å². The van der Waals surface area contributed by atoms with E-state index < -0.39 is 5.97 Å². The van der Waals surface area contributed by atoms with E-state index in [0.29, 0.717) is 17.1 Å². The lowest BCUT2D eigenvalue weighted by Crippen LogP contribution is -2.34. The number of rotatable bonds is 5. The van der Waals surface area contributed by atoms with Crippen LogP contribution in [-0.2, 0) is 9.53 Å². The van der Waals surface area contributed by atoms with Gasteiger partial charge < -0.3 is 10.1 Å². The highest BCUT2D eigenvalue weighted by molar-refractivity contribution is 7.15. The maximum Gasteiger partial charge on any atom is 0.341 e. The number of hydrogen-bond donors (Lipinski definition) is 1. The van der Waals surface area contributed by atoms with Crippen LogP contribution in [0.15, 0.2) is 35.7 Å². The Labute approximate surface area is 158 Å². The number of anilines is 1. The maximum absolute atomic E-state index is 12.5. The summed E-state index contributed by atoms with van der Waals surface area (Å²) in [4.78, 5) is 27.0. The second-order valence-electron chi connectivity index (χ2n) is 6.45. The zero-order valence-electron chi connectivity index (χ0n) is 15.0. The smallest absolute Gasteiger partial charge is 0.341 e. The third kappa shape index (κ3) is 4.51. The van der Waals surface area contributed by atoms with Gasteiger partial charge in [0.2, 0.25) is 5.91 Å². The van der Waals surface area contributed by atoms with Gasteiger partial charge in [0.1, 0.15) is 10.6 Å². The van der Waals surface area contributed by atoms with Gasteiger partial charge in [0.15, 0.2) is 0 Å². The molecule has 6 heteroatoms. The molecule has 0 spiro atoms. The first-order valence-corrected chi connectivity index (χ1v) is 9.84. The van der Waals surface area contributed by atoms with Gasteiger partial charge in [-0.25, -0.2) is 4.79 Å². The minimum Gasteiger partial charge on any atom is -0.465 e. The molecule has 1 aromatic heterocycles. The molecule has 3 rings (SSSR count). The van der Waals surface area contributed by atoms with Gasteiger partial charge in [0.05, 0.1) is 13.7 Å². The molecule has 138 valence electrons. The lowest BCUT2D eigenvalue weighted by molar-refractivity contribution is -0.117. The van der Waals surface area contributed by atoms with E-state index in [9.17, 15) is 9.59 Å². The zero-order valence-corrected chi connectivity index (χ0v) is 15.8. The van der Waals surface area contributed by atoms with Gasteiger partial charge in [-0.3, -0.25) is 9.69 Å². The second-order valence-corrected chi connectivity index (χ2v) is 7.33. The molecule has 0 bridgehead atoms. The van der Waals surface area contributed by atoms with Crippen LogP contribution in [0.25, 0.3) is 11.1 Å². The molecule has 0 aliphatic carbocycles. The minimum atomic E-state index is -0.435. The Morgan fingerprint density at radius 3 is 2.46 bits per heavy atom. The number of nitrogens with one attached hydrogen (secondary N) is 1. The van der Waals surface area contributed by atoms with E-state index in [2.05, 4.69) is 10.2 Å². The summed E-state index contributed by atoms with van der Waals surface area (Å²) < 4.78 is 4.95. The predicted molar refractivity (Wildman–Crippen MR) is 105 cm³/mol. The van der Waals surface area contributed by atoms with Gasteiger partial charge >= 0.3 is 5.97 Å². The summed E-state index contributed by atoms with van der Waals surface area (Å²) in [5.41, 5.74) is 2.14. The van der Waals surface area contributed by atoms with Crippen LogP contribution in [0.2, 0.25) is 0 Å². The Morgan fingerprint density at radius 2 is 1.81 bits per heavy atom.